The molecule has 1 fully saturated rings. The van der Waals surface area contributed by atoms with Gasteiger partial charge in [-0.2, -0.15) is 11.8 Å². The molecule has 1 atom stereocenters. The van der Waals surface area contributed by atoms with Crippen LogP contribution in [0.2, 0.25) is 0 Å². The van der Waals surface area contributed by atoms with Crippen LogP contribution < -0.4 is 0 Å². The average molecular weight is 201 g/mol. The molecule has 1 heterocycles. The zero-order valence-corrected chi connectivity index (χ0v) is 8.89. The van der Waals surface area contributed by atoms with E-state index in [1.165, 1.54) is 0 Å². The van der Waals surface area contributed by atoms with Crippen LogP contribution in [0.1, 0.15) is 19.8 Å². The Morgan fingerprint density at radius 3 is 2.77 bits per heavy atom. The lowest BCUT2D eigenvalue weighted by atomic mass is 10.1. The molecule has 1 rings (SSSR count). The Kier molecular flexibility index (Phi) is 3.78. The molecule has 1 amide bonds. The Morgan fingerprint density at radius 1 is 1.54 bits per heavy atom. The second kappa shape index (κ2) is 4.65. The number of ketones is 1. The maximum absolute atomic E-state index is 11.4. The Bertz CT molecular complexity index is 218. The number of amides is 1. The fourth-order valence-corrected chi connectivity index (χ4v) is 1.66. The summed E-state index contributed by atoms with van der Waals surface area (Å²) >= 11 is 1.74. The molecule has 0 aromatic rings. The van der Waals surface area contributed by atoms with Crippen molar-refractivity contribution in [3.05, 3.63) is 0 Å². The highest BCUT2D eigenvalue weighted by Gasteiger charge is 2.24. The minimum Gasteiger partial charge on any atom is -0.341 e. The van der Waals surface area contributed by atoms with Crippen LogP contribution in [0.3, 0.4) is 0 Å². The van der Waals surface area contributed by atoms with E-state index in [1.807, 2.05) is 6.26 Å². The molecule has 4 heteroatoms. The molecule has 74 valence electrons. The van der Waals surface area contributed by atoms with Gasteiger partial charge in [-0.3, -0.25) is 9.59 Å². The first-order chi connectivity index (χ1) is 6.13. The van der Waals surface area contributed by atoms with E-state index in [1.54, 1.807) is 16.7 Å². The summed E-state index contributed by atoms with van der Waals surface area (Å²) in [5, 5.41) is 0.456. The molecule has 0 aromatic heterocycles. The fourth-order valence-electron chi connectivity index (χ4n) is 1.33. The van der Waals surface area contributed by atoms with Gasteiger partial charge >= 0.3 is 0 Å². The summed E-state index contributed by atoms with van der Waals surface area (Å²) in [6, 6.07) is 0. The number of Topliss-reactive ketones (excluding diaryl/α,β-unsaturated/α-hetero) is 1. The summed E-state index contributed by atoms with van der Waals surface area (Å²) in [7, 11) is 0. The standard InChI is InChI=1S/C9H15NO2S/c1-7(13-2)6-10-4-3-8(11)5-9(10)12/h7H,3-6H2,1-2H3. The minimum absolute atomic E-state index is 0.00264. The highest BCUT2D eigenvalue weighted by Crippen LogP contribution is 2.12. The molecule has 0 aromatic carbocycles. The third kappa shape index (κ3) is 3.03. The Labute approximate surface area is 82.9 Å². The maximum Gasteiger partial charge on any atom is 0.230 e. The van der Waals surface area contributed by atoms with Crippen LogP contribution >= 0.6 is 11.8 Å². The molecule has 3 nitrogen and oxygen atoms in total. The monoisotopic (exact) mass is 201 g/mol. The number of carbonyl (C=O) groups is 2. The van der Waals surface area contributed by atoms with Gasteiger partial charge in [0.25, 0.3) is 0 Å². The van der Waals surface area contributed by atoms with Crippen molar-refractivity contribution in [2.75, 3.05) is 19.3 Å². The predicted molar refractivity (Wildman–Crippen MR) is 53.8 cm³/mol. The quantitative estimate of drug-likeness (QED) is 0.637. The summed E-state index contributed by atoms with van der Waals surface area (Å²) in [4.78, 5) is 24.1. The van der Waals surface area contributed by atoms with Crippen LogP contribution in [0.5, 0.6) is 0 Å². The molecule has 0 aliphatic carbocycles. The number of piperidine rings is 1. The Morgan fingerprint density at radius 2 is 2.23 bits per heavy atom. The number of hydrogen-bond donors (Lipinski definition) is 0. The lowest BCUT2D eigenvalue weighted by molar-refractivity contribution is -0.139. The van der Waals surface area contributed by atoms with Crippen molar-refractivity contribution < 1.29 is 9.59 Å². The molecular weight excluding hydrogens is 186 g/mol. The van der Waals surface area contributed by atoms with Crippen molar-refractivity contribution in [1.82, 2.24) is 4.90 Å². The van der Waals surface area contributed by atoms with Gasteiger partial charge in [0.1, 0.15) is 5.78 Å². The van der Waals surface area contributed by atoms with Crippen molar-refractivity contribution in [2.45, 2.75) is 25.0 Å². The van der Waals surface area contributed by atoms with E-state index in [9.17, 15) is 9.59 Å². The van der Waals surface area contributed by atoms with Crippen molar-refractivity contribution in [3.63, 3.8) is 0 Å². The largest absolute Gasteiger partial charge is 0.341 e. The Balaban J connectivity index is 2.42. The van der Waals surface area contributed by atoms with Gasteiger partial charge in [0, 0.05) is 24.8 Å². The van der Waals surface area contributed by atoms with Gasteiger partial charge in [0.05, 0.1) is 6.42 Å². The van der Waals surface area contributed by atoms with Gasteiger partial charge in [-0.15, -0.1) is 0 Å². The summed E-state index contributed by atoms with van der Waals surface area (Å²) < 4.78 is 0. The summed E-state index contributed by atoms with van der Waals surface area (Å²) in [5.41, 5.74) is 0. The summed E-state index contributed by atoms with van der Waals surface area (Å²) in [5.74, 6) is 0.0789. The highest BCUT2D eigenvalue weighted by molar-refractivity contribution is 7.99. The van der Waals surface area contributed by atoms with Gasteiger partial charge in [0.2, 0.25) is 5.91 Å². The third-order valence-corrected chi connectivity index (χ3v) is 3.20. The van der Waals surface area contributed by atoms with Crippen molar-refractivity contribution in [2.24, 2.45) is 0 Å². The molecule has 1 saturated heterocycles. The first-order valence-corrected chi connectivity index (χ1v) is 5.74. The van der Waals surface area contributed by atoms with Crippen LogP contribution in [0, 0.1) is 0 Å². The molecule has 0 spiro atoms. The second-order valence-corrected chi connectivity index (χ2v) is 4.63. The van der Waals surface area contributed by atoms with Crippen molar-refractivity contribution >= 4 is 23.5 Å². The van der Waals surface area contributed by atoms with E-state index < -0.39 is 0 Å². The molecule has 0 saturated carbocycles. The van der Waals surface area contributed by atoms with Crippen molar-refractivity contribution in [1.29, 1.82) is 0 Å². The van der Waals surface area contributed by atoms with Crippen LogP contribution in [0.15, 0.2) is 0 Å². The first kappa shape index (κ1) is 10.6. The number of nitrogens with zero attached hydrogens (tertiary/aromatic N) is 1. The van der Waals surface area contributed by atoms with E-state index in [0.717, 1.165) is 6.54 Å². The first-order valence-electron chi connectivity index (χ1n) is 4.45. The molecule has 13 heavy (non-hydrogen) atoms. The molecule has 0 radical (unpaired) electrons. The lowest BCUT2D eigenvalue weighted by Crippen LogP contribution is -2.41. The molecule has 1 aliphatic rings. The van der Waals surface area contributed by atoms with Gasteiger partial charge in [-0.25, -0.2) is 0 Å². The number of rotatable bonds is 3. The number of likely N-dealkylation sites (tertiary alicyclic amines) is 1. The SMILES string of the molecule is CSC(C)CN1CCC(=O)CC1=O. The van der Waals surface area contributed by atoms with Crippen LogP contribution in [-0.4, -0.2) is 41.2 Å². The van der Waals surface area contributed by atoms with Gasteiger partial charge in [0.15, 0.2) is 0 Å². The summed E-state index contributed by atoms with van der Waals surface area (Å²) in [6.45, 7) is 3.48. The van der Waals surface area contributed by atoms with Gasteiger partial charge in [-0.1, -0.05) is 6.92 Å². The lowest BCUT2D eigenvalue weighted by Gasteiger charge is -2.28. The average Bonchev–Trinajstić information content (AvgIpc) is 2.09. The van der Waals surface area contributed by atoms with Crippen molar-refractivity contribution in [3.8, 4) is 0 Å². The summed E-state index contributed by atoms with van der Waals surface area (Å²) in [6.07, 6.45) is 2.68. The fraction of sp³-hybridized carbons (Fsp3) is 0.778. The topological polar surface area (TPSA) is 37.4 Å². The molecule has 0 bridgehead atoms. The number of carbonyl (C=O) groups excluding carboxylic acids is 2. The zero-order chi connectivity index (χ0) is 9.84. The van der Waals surface area contributed by atoms with Gasteiger partial charge < -0.3 is 4.90 Å². The number of hydrogen-bond acceptors (Lipinski definition) is 3. The number of thioether (sulfide) groups is 1. The van der Waals surface area contributed by atoms with Crippen LogP contribution in [0.4, 0.5) is 0 Å². The van der Waals surface area contributed by atoms with E-state index in [2.05, 4.69) is 6.92 Å². The highest BCUT2D eigenvalue weighted by atomic mass is 32.2. The van der Waals surface area contributed by atoms with Gasteiger partial charge in [-0.05, 0) is 6.26 Å². The normalized spacial score (nSPS) is 20.6. The van der Waals surface area contributed by atoms with Crippen LogP contribution in [0.25, 0.3) is 0 Å². The Hall–Kier alpha value is -0.510. The van der Waals surface area contributed by atoms with E-state index in [-0.39, 0.29) is 18.1 Å². The predicted octanol–water partition coefficient (Wildman–Crippen LogP) is 0.929. The molecule has 0 N–H and O–H groups in total. The maximum atomic E-state index is 11.4. The molecule has 1 unspecified atom stereocenters. The van der Waals surface area contributed by atoms with Crippen LogP contribution in [-0.2, 0) is 9.59 Å². The van der Waals surface area contributed by atoms with E-state index in [0.29, 0.717) is 18.2 Å². The smallest absolute Gasteiger partial charge is 0.230 e. The molecule has 1 aliphatic heterocycles. The van der Waals surface area contributed by atoms with E-state index >= 15 is 0 Å². The third-order valence-electron chi connectivity index (χ3n) is 2.24. The second-order valence-electron chi connectivity index (χ2n) is 3.35. The zero-order valence-electron chi connectivity index (χ0n) is 8.08. The molecular formula is C9H15NO2S. The van der Waals surface area contributed by atoms with E-state index in [4.69, 9.17) is 0 Å². The minimum atomic E-state index is -0.00264.